The molecule has 0 bridgehead atoms. The highest BCUT2D eigenvalue weighted by atomic mass is 31.2. The summed E-state index contributed by atoms with van der Waals surface area (Å²) < 4.78 is 32.4. The monoisotopic (exact) mass is 716 g/mol. The molecule has 0 aromatic heterocycles. The van der Waals surface area contributed by atoms with Crippen LogP contribution in [-0.4, -0.2) is 65.7 Å². The van der Waals surface area contributed by atoms with Gasteiger partial charge in [-0.2, -0.15) is 0 Å². The third-order valence-corrected chi connectivity index (χ3v) is 8.78. The summed E-state index contributed by atoms with van der Waals surface area (Å²) in [4.78, 5) is 34.3. The van der Waals surface area contributed by atoms with Gasteiger partial charge in [0, 0.05) is 12.8 Å². The smallest absolute Gasteiger partial charge is 0.457 e. The molecule has 0 saturated carbocycles. The third-order valence-electron chi connectivity index (χ3n) is 7.82. The molecule has 0 aliphatic rings. The van der Waals surface area contributed by atoms with E-state index < -0.39 is 58.4 Å². The van der Waals surface area contributed by atoms with Crippen molar-refractivity contribution in [2.45, 2.75) is 167 Å². The molecule has 0 rings (SSSR count). The summed E-state index contributed by atoms with van der Waals surface area (Å²) in [7, 11) is -4.63. The van der Waals surface area contributed by atoms with Gasteiger partial charge < -0.3 is 24.6 Å². The van der Waals surface area contributed by atoms with Crippen LogP contribution in [0.3, 0.4) is 0 Å². The Kier molecular flexibility index (Phi) is 33.4. The molecule has 3 atom stereocenters. The Hall–Kier alpha value is -1.81. The maximum atomic E-state index is 12.3. The second-order valence-corrected chi connectivity index (χ2v) is 14.0. The van der Waals surface area contributed by atoms with Gasteiger partial charge in [0.15, 0.2) is 0 Å². The number of hydrogen-bond donors (Lipinski definition) is 3. The Morgan fingerprint density at radius 2 is 0.918 bits per heavy atom. The van der Waals surface area contributed by atoms with Crippen LogP contribution in [0.5, 0.6) is 0 Å². The molecular formula is C38H69O10P. The Bertz CT molecular complexity index is 920. The zero-order valence-corrected chi connectivity index (χ0v) is 31.5. The molecule has 286 valence electrons. The molecule has 10 nitrogen and oxygen atoms in total. The van der Waals surface area contributed by atoms with Crippen LogP contribution >= 0.6 is 7.82 Å². The Labute approximate surface area is 297 Å². The number of allylic oxidation sites excluding steroid dienone is 6. The molecular weight excluding hydrogens is 647 g/mol. The van der Waals surface area contributed by atoms with Gasteiger partial charge in [0.2, 0.25) is 0 Å². The van der Waals surface area contributed by atoms with Crippen molar-refractivity contribution in [2.75, 3.05) is 26.4 Å². The number of unbranched alkanes of at least 4 members (excludes halogenated alkanes) is 15. The van der Waals surface area contributed by atoms with Crippen LogP contribution in [0.25, 0.3) is 0 Å². The van der Waals surface area contributed by atoms with E-state index in [0.717, 1.165) is 83.5 Å². The fourth-order valence-corrected chi connectivity index (χ4v) is 5.61. The molecule has 0 aliphatic heterocycles. The molecule has 11 heteroatoms. The van der Waals surface area contributed by atoms with Gasteiger partial charge in [0.25, 0.3) is 0 Å². The van der Waals surface area contributed by atoms with Crippen molar-refractivity contribution < 1.29 is 47.8 Å². The summed E-state index contributed by atoms with van der Waals surface area (Å²) in [5.74, 6) is -1.05. The molecule has 3 unspecified atom stereocenters. The molecule has 0 fully saturated rings. The number of carbonyl (C=O) groups excluding carboxylic acids is 2. The van der Waals surface area contributed by atoms with Crippen molar-refractivity contribution in [1.29, 1.82) is 0 Å². The predicted molar refractivity (Wildman–Crippen MR) is 196 cm³/mol. The van der Waals surface area contributed by atoms with E-state index >= 15 is 0 Å². The Morgan fingerprint density at radius 1 is 0.551 bits per heavy atom. The van der Waals surface area contributed by atoms with Gasteiger partial charge >= 0.3 is 19.8 Å². The first kappa shape index (κ1) is 47.2. The third kappa shape index (κ3) is 33.1. The van der Waals surface area contributed by atoms with E-state index in [-0.39, 0.29) is 12.8 Å². The molecule has 0 spiro atoms. The average Bonchev–Trinajstić information content (AvgIpc) is 3.09. The van der Waals surface area contributed by atoms with Crippen molar-refractivity contribution in [1.82, 2.24) is 0 Å². The number of ether oxygens (including phenoxy) is 2. The second-order valence-electron chi connectivity index (χ2n) is 12.5. The Balaban J connectivity index is 4.02. The number of phosphoric ester groups is 1. The SMILES string of the molecule is CCCC/C=C\C/C=C\CCCCCCCC(=O)OC(CO)COP(=O)(O)OCC(CO)OC(=O)CCCCCCC/C=C\CCCCC. The molecule has 49 heavy (non-hydrogen) atoms. The second kappa shape index (κ2) is 34.6. The highest BCUT2D eigenvalue weighted by molar-refractivity contribution is 7.47. The van der Waals surface area contributed by atoms with Crippen LogP contribution in [0.15, 0.2) is 36.5 Å². The van der Waals surface area contributed by atoms with Crippen molar-refractivity contribution in [3.63, 3.8) is 0 Å². The molecule has 0 aromatic carbocycles. The van der Waals surface area contributed by atoms with Crippen LogP contribution in [-0.2, 0) is 32.7 Å². The van der Waals surface area contributed by atoms with E-state index in [0.29, 0.717) is 12.8 Å². The zero-order valence-electron chi connectivity index (χ0n) is 30.7. The van der Waals surface area contributed by atoms with E-state index in [2.05, 4.69) is 50.3 Å². The molecule has 0 saturated heterocycles. The fourth-order valence-electron chi connectivity index (χ4n) is 4.83. The summed E-state index contributed by atoms with van der Waals surface area (Å²) in [5, 5.41) is 19.1. The minimum Gasteiger partial charge on any atom is -0.457 e. The number of hydrogen-bond acceptors (Lipinski definition) is 9. The van der Waals surface area contributed by atoms with Crippen molar-refractivity contribution in [3.8, 4) is 0 Å². The van der Waals surface area contributed by atoms with E-state index in [1.165, 1.54) is 32.1 Å². The standard InChI is InChI=1S/C38H69O10P/c1-3-5-7-9-11-13-15-17-18-20-22-24-26-28-30-38(42)48-36(32-40)34-46-49(43,44)45-33-35(31-39)47-37(41)29-27-25-23-21-19-16-14-12-10-8-6-4-2/h9,11-12,14-15,17,35-36,39-40H,3-8,10,13,16,18-34H2,1-2H3,(H,43,44)/b11-9-,14-12-,17-15-. The lowest BCUT2D eigenvalue weighted by molar-refractivity contribution is -0.153. The molecule has 0 aromatic rings. The van der Waals surface area contributed by atoms with E-state index in [9.17, 15) is 29.3 Å². The summed E-state index contributed by atoms with van der Waals surface area (Å²) in [6, 6.07) is 0. The number of carbonyl (C=O) groups is 2. The molecule has 0 heterocycles. The number of esters is 2. The summed E-state index contributed by atoms with van der Waals surface area (Å²) in [5.41, 5.74) is 0. The highest BCUT2D eigenvalue weighted by Crippen LogP contribution is 2.43. The normalized spacial score (nSPS) is 14.5. The van der Waals surface area contributed by atoms with Gasteiger partial charge in [-0.25, -0.2) is 4.57 Å². The van der Waals surface area contributed by atoms with Gasteiger partial charge in [-0.1, -0.05) is 115 Å². The summed E-state index contributed by atoms with van der Waals surface area (Å²) in [6.45, 7) is 2.09. The van der Waals surface area contributed by atoms with Gasteiger partial charge in [-0.15, -0.1) is 0 Å². The summed E-state index contributed by atoms with van der Waals surface area (Å²) >= 11 is 0. The van der Waals surface area contributed by atoms with Crippen LogP contribution in [0.2, 0.25) is 0 Å². The van der Waals surface area contributed by atoms with Gasteiger partial charge in [-0.3, -0.25) is 18.6 Å². The van der Waals surface area contributed by atoms with Gasteiger partial charge in [-0.05, 0) is 64.2 Å². The first-order valence-corrected chi connectivity index (χ1v) is 20.4. The maximum Gasteiger partial charge on any atom is 0.472 e. The summed E-state index contributed by atoms with van der Waals surface area (Å²) in [6.07, 6.45) is 32.6. The first-order chi connectivity index (χ1) is 23.8. The van der Waals surface area contributed by atoms with Crippen LogP contribution in [0, 0.1) is 0 Å². The number of phosphoric acid groups is 1. The average molecular weight is 717 g/mol. The Morgan fingerprint density at radius 3 is 1.35 bits per heavy atom. The van der Waals surface area contributed by atoms with E-state index in [1.807, 2.05) is 0 Å². The molecule has 3 N–H and O–H groups in total. The topological polar surface area (TPSA) is 149 Å². The minimum atomic E-state index is -4.63. The van der Waals surface area contributed by atoms with E-state index in [4.69, 9.17) is 18.5 Å². The van der Waals surface area contributed by atoms with E-state index in [1.54, 1.807) is 0 Å². The molecule has 0 aliphatic carbocycles. The van der Waals surface area contributed by atoms with Gasteiger partial charge in [0.1, 0.15) is 12.2 Å². The minimum absolute atomic E-state index is 0.175. The van der Waals surface area contributed by atoms with Crippen LogP contribution in [0.1, 0.15) is 155 Å². The lowest BCUT2D eigenvalue weighted by Crippen LogP contribution is -2.28. The van der Waals surface area contributed by atoms with Crippen molar-refractivity contribution >= 4 is 19.8 Å². The lowest BCUT2D eigenvalue weighted by Gasteiger charge is -2.20. The number of rotatable bonds is 35. The maximum absolute atomic E-state index is 12.3. The number of aliphatic hydroxyl groups is 2. The van der Waals surface area contributed by atoms with Crippen LogP contribution < -0.4 is 0 Å². The quantitative estimate of drug-likeness (QED) is 0.0251. The van der Waals surface area contributed by atoms with Crippen molar-refractivity contribution in [2.24, 2.45) is 0 Å². The largest absolute Gasteiger partial charge is 0.472 e. The molecule has 0 amide bonds. The lowest BCUT2D eigenvalue weighted by atomic mass is 10.1. The zero-order chi connectivity index (χ0) is 36.3. The first-order valence-electron chi connectivity index (χ1n) is 18.9. The predicted octanol–water partition coefficient (Wildman–Crippen LogP) is 9.22. The number of aliphatic hydroxyl groups excluding tert-OH is 2. The fraction of sp³-hybridized carbons (Fsp3) is 0.789. The van der Waals surface area contributed by atoms with Crippen LogP contribution in [0.4, 0.5) is 0 Å². The highest BCUT2D eigenvalue weighted by Gasteiger charge is 2.27. The van der Waals surface area contributed by atoms with Crippen molar-refractivity contribution in [3.05, 3.63) is 36.5 Å². The van der Waals surface area contributed by atoms with Gasteiger partial charge in [0.05, 0.1) is 26.4 Å². The molecule has 0 radical (unpaired) electrons.